The molecule has 0 atom stereocenters. The third-order valence-electron chi connectivity index (χ3n) is 4.08. The molecule has 1 aromatic rings. The van der Waals surface area contributed by atoms with Gasteiger partial charge in [0.25, 0.3) is 0 Å². The van der Waals surface area contributed by atoms with E-state index in [9.17, 15) is 0 Å². The van der Waals surface area contributed by atoms with Crippen molar-refractivity contribution in [3.63, 3.8) is 0 Å². The van der Waals surface area contributed by atoms with Crippen LogP contribution in [0.25, 0.3) is 0 Å². The van der Waals surface area contributed by atoms with Crippen molar-refractivity contribution in [3.8, 4) is 0 Å². The summed E-state index contributed by atoms with van der Waals surface area (Å²) in [6.07, 6.45) is 9.05. The minimum Gasteiger partial charge on any atom is -0.338 e. The number of imidazole rings is 1. The summed E-state index contributed by atoms with van der Waals surface area (Å²) >= 11 is 0. The van der Waals surface area contributed by atoms with Gasteiger partial charge < -0.3 is 14.8 Å². The van der Waals surface area contributed by atoms with Crippen LogP contribution in [0.4, 0.5) is 0 Å². The second kappa shape index (κ2) is 6.90. The van der Waals surface area contributed by atoms with Gasteiger partial charge in [0.1, 0.15) is 5.82 Å². The number of aryl methyl sites for hydroxylation is 1. The molecule has 1 fully saturated rings. The van der Waals surface area contributed by atoms with E-state index in [4.69, 9.17) is 0 Å². The first-order valence-electron chi connectivity index (χ1n) is 7.12. The van der Waals surface area contributed by atoms with Crippen LogP contribution in [0.1, 0.15) is 25.1 Å². The van der Waals surface area contributed by atoms with Crippen molar-refractivity contribution in [1.29, 1.82) is 0 Å². The molecule has 4 nitrogen and oxygen atoms in total. The Morgan fingerprint density at radius 3 is 2.78 bits per heavy atom. The number of rotatable bonds is 6. The van der Waals surface area contributed by atoms with E-state index in [1.807, 2.05) is 19.4 Å². The first-order valence-corrected chi connectivity index (χ1v) is 7.12. The Bertz CT molecular complexity index is 339. The van der Waals surface area contributed by atoms with E-state index in [0.29, 0.717) is 0 Å². The third-order valence-corrected chi connectivity index (χ3v) is 4.08. The smallest absolute Gasteiger partial charge is 0.109 e. The Morgan fingerprint density at radius 1 is 1.39 bits per heavy atom. The molecule has 1 N–H and O–H groups in total. The number of hydrogen-bond donors (Lipinski definition) is 1. The van der Waals surface area contributed by atoms with Crippen LogP contribution in [-0.4, -0.2) is 47.7 Å². The van der Waals surface area contributed by atoms with Gasteiger partial charge in [0.15, 0.2) is 0 Å². The second-order valence-electron chi connectivity index (χ2n) is 5.38. The predicted molar refractivity (Wildman–Crippen MR) is 74.6 cm³/mol. The van der Waals surface area contributed by atoms with E-state index in [2.05, 4.69) is 26.8 Å². The van der Waals surface area contributed by atoms with Crippen molar-refractivity contribution in [2.45, 2.75) is 25.7 Å². The summed E-state index contributed by atoms with van der Waals surface area (Å²) in [6.45, 7) is 4.85. The standard InChI is InChI=1S/C14H26N4/c1-15-7-3-13-4-9-18(10-5-13)11-6-14-16-8-12-17(14)2/h8,12-13,15H,3-7,9-11H2,1-2H3. The average Bonchev–Trinajstić information content (AvgIpc) is 2.81. The highest BCUT2D eigenvalue weighted by molar-refractivity contribution is 4.92. The number of nitrogens with zero attached hydrogens (tertiary/aromatic N) is 3. The quantitative estimate of drug-likeness (QED) is 0.826. The molecule has 0 saturated carbocycles. The molecule has 0 unspecified atom stereocenters. The molecule has 4 heteroatoms. The zero-order valence-electron chi connectivity index (χ0n) is 11.7. The maximum absolute atomic E-state index is 4.38. The molecule has 0 aromatic carbocycles. The number of piperidine rings is 1. The molecule has 102 valence electrons. The maximum atomic E-state index is 4.38. The molecule has 0 aliphatic carbocycles. The largest absolute Gasteiger partial charge is 0.338 e. The minimum atomic E-state index is 0.932. The van der Waals surface area contributed by atoms with E-state index in [1.165, 1.54) is 38.2 Å². The normalized spacial score (nSPS) is 18.3. The third kappa shape index (κ3) is 3.82. The topological polar surface area (TPSA) is 33.1 Å². The van der Waals surface area contributed by atoms with E-state index in [1.54, 1.807) is 0 Å². The van der Waals surface area contributed by atoms with Gasteiger partial charge in [0, 0.05) is 32.4 Å². The Kier molecular flexibility index (Phi) is 5.20. The van der Waals surface area contributed by atoms with Crippen LogP contribution < -0.4 is 5.32 Å². The maximum Gasteiger partial charge on any atom is 0.109 e. The summed E-state index contributed by atoms with van der Waals surface area (Å²) in [6, 6.07) is 0. The van der Waals surface area contributed by atoms with Crippen LogP contribution >= 0.6 is 0 Å². The Hall–Kier alpha value is -0.870. The zero-order valence-corrected chi connectivity index (χ0v) is 11.7. The van der Waals surface area contributed by atoms with Crippen LogP contribution in [0, 0.1) is 5.92 Å². The van der Waals surface area contributed by atoms with Crippen LogP contribution in [0.3, 0.4) is 0 Å². The van der Waals surface area contributed by atoms with Gasteiger partial charge in [-0.3, -0.25) is 0 Å². The van der Waals surface area contributed by atoms with Crippen LogP contribution in [0.15, 0.2) is 12.4 Å². The van der Waals surface area contributed by atoms with E-state index in [-0.39, 0.29) is 0 Å². The van der Waals surface area contributed by atoms with Crippen molar-refractivity contribution in [1.82, 2.24) is 19.8 Å². The van der Waals surface area contributed by atoms with Crippen molar-refractivity contribution in [2.24, 2.45) is 13.0 Å². The summed E-state index contributed by atoms with van der Waals surface area (Å²) in [4.78, 5) is 6.97. The molecule has 1 aliphatic heterocycles. The van der Waals surface area contributed by atoms with Gasteiger partial charge in [0.05, 0.1) is 0 Å². The lowest BCUT2D eigenvalue weighted by atomic mass is 9.93. The molecular weight excluding hydrogens is 224 g/mol. The Morgan fingerprint density at radius 2 is 2.17 bits per heavy atom. The number of likely N-dealkylation sites (tertiary alicyclic amines) is 1. The highest BCUT2D eigenvalue weighted by Crippen LogP contribution is 2.19. The van der Waals surface area contributed by atoms with Crippen molar-refractivity contribution in [2.75, 3.05) is 33.2 Å². The molecule has 1 aromatic heterocycles. The molecule has 0 amide bonds. The van der Waals surface area contributed by atoms with Crippen molar-refractivity contribution in [3.05, 3.63) is 18.2 Å². The molecule has 18 heavy (non-hydrogen) atoms. The fraction of sp³-hybridized carbons (Fsp3) is 0.786. The lowest BCUT2D eigenvalue weighted by molar-refractivity contribution is 0.180. The first kappa shape index (κ1) is 13.6. The predicted octanol–water partition coefficient (Wildman–Crippen LogP) is 1.28. The SMILES string of the molecule is CNCCC1CCN(CCc2nccn2C)CC1. The summed E-state index contributed by atoms with van der Waals surface area (Å²) in [5.74, 6) is 2.13. The van der Waals surface area contributed by atoms with Crippen LogP contribution in [-0.2, 0) is 13.5 Å². The number of hydrogen-bond acceptors (Lipinski definition) is 3. The lowest BCUT2D eigenvalue weighted by Crippen LogP contribution is -2.36. The summed E-state index contributed by atoms with van der Waals surface area (Å²) < 4.78 is 2.12. The van der Waals surface area contributed by atoms with Crippen LogP contribution in [0.2, 0.25) is 0 Å². The monoisotopic (exact) mass is 250 g/mol. The average molecular weight is 250 g/mol. The highest BCUT2D eigenvalue weighted by Gasteiger charge is 2.18. The minimum absolute atomic E-state index is 0.932. The fourth-order valence-corrected chi connectivity index (χ4v) is 2.74. The second-order valence-corrected chi connectivity index (χ2v) is 5.38. The van der Waals surface area contributed by atoms with Crippen molar-refractivity contribution < 1.29 is 0 Å². The highest BCUT2D eigenvalue weighted by atomic mass is 15.1. The first-order chi connectivity index (χ1) is 8.79. The summed E-state index contributed by atoms with van der Waals surface area (Å²) in [5, 5.41) is 3.25. The molecular formula is C14H26N4. The van der Waals surface area contributed by atoms with Gasteiger partial charge in [-0.25, -0.2) is 4.98 Å². The Balaban J connectivity index is 1.66. The fourth-order valence-electron chi connectivity index (χ4n) is 2.74. The lowest BCUT2D eigenvalue weighted by Gasteiger charge is -2.31. The number of aromatic nitrogens is 2. The van der Waals surface area contributed by atoms with E-state index >= 15 is 0 Å². The van der Waals surface area contributed by atoms with E-state index < -0.39 is 0 Å². The molecule has 1 saturated heterocycles. The molecule has 0 spiro atoms. The summed E-state index contributed by atoms with van der Waals surface area (Å²) in [5.41, 5.74) is 0. The van der Waals surface area contributed by atoms with Gasteiger partial charge in [-0.05, 0) is 51.9 Å². The molecule has 1 aliphatic rings. The number of nitrogens with one attached hydrogen (secondary N) is 1. The van der Waals surface area contributed by atoms with Gasteiger partial charge in [0.2, 0.25) is 0 Å². The molecule has 0 radical (unpaired) electrons. The molecule has 2 heterocycles. The van der Waals surface area contributed by atoms with Gasteiger partial charge >= 0.3 is 0 Å². The zero-order chi connectivity index (χ0) is 12.8. The Labute approximate surface area is 110 Å². The van der Waals surface area contributed by atoms with Gasteiger partial charge in [-0.1, -0.05) is 0 Å². The summed E-state index contributed by atoms with van der Waals surface area (Å²) in [7, 11) is 4.12. The van der Waals surface area contributed by atoms with Crippen LogP contribution in [0.5, 0.6) is 0 Å². The molecule has 2 rings (SSSR count). The van der Waals surface area contributed by atoms with Crippen molar-refractivity contribution >= 4 is 0 Å². The van der Waals surface area contributed by atoms with Gasteiger partial charge in [-0.15, -0.1) is 0 Å². The van der Waals surface area contributed by atoms with E-state index in [0.717, 1.165) is 25.4 Å². The molecule has 0 bridgehead atoms. The van der Waals surface area contributed by atoms with Gasteiger partial charge in [-0.2, -0.15) is 0 Å².